The van der Waals surface area contributed by atoms with Crippen LogP contribution in [0, 0.1) is 5.92 Å². The van der Waals surface area contributed by atoms with Gasteiger partial charge in [-0.1, -0.05) is 13.0 Å². The van der Waals surface area contributed by atoms with Gasteiger partial charge in [0, 0.05) is 6.04 Å². The number of carbonyl (C=O) groups is 1. The highest BCUT2D eigenvalue weighted by Crippen LogP contribution is 2.32. The predicted molar refractivity (Wildman–Crippen MR) is 75.2 cm³/mol. The van der Waals surface area contributed by atoms with Crippen molar-refractivity contribution in [2.45, 2.75) is 19.4 Å². The number of nitrogens with one attached hydrogen (secondary N) is 2. The van der Waals surface area contributed by atoms with Gasteiger partial charge in [0.25, 0.3) is 5.91 Å². The summed E-state index contributed by atoms with van der Waals surface area (Å²) in [7, 11) is 1.93. The van der Waals surface area contributed by atoms with Crippen molar-refractivity contribution in [3.05, 3.63) is 23.8 Å². The maximum Gasteiger partial charge on any atom is 0.262 e. The second-order valence-corrected chi connectivity index (χ2v) is 5.01. The van der Waals surface area contributed by atoms with Crippen LogP contribution in [0.25, 0.3) is 0 Å². The molecule has 0 spiro atoms. The van der Waals surface area contributed by atoms with Gasteiger partial charge in [-0.3, -0.25) is 4.79 Å². The van der Waals surface area contributed by atoms with Crippen LogP contribution in [0.15, 0.2) is 18.2 Å². The first-order chi connectivity index (χ1) is 9.13. The van der Waals surface area contributed by atoms with E-state index in [1.165, 1.54) is 0 Å². The van der Waals surface area contributed by atoms with Gasteiger partial charge >= 0.3 is 0 Å². The summed E-state index contributed by atoms with van der Waals surface area (Å²) in [6.45, 7) is 2.89. The fourth-order valence-corrected chi connectivity index (χ4v) is 2.24. The van der Waals surface area contributed by atoms with Crippen LogP contribution in [-0.2, 0) is 4.79 Å². The second-order valence-electron chi connectivity index (χ2n) is 5.01. The lowest BCUT2D eigenvalue weighted by Crippen LogP contribution is -2.26. The smallest absolute Gasteiger partial charge is 0.262 e. The topological polar surface area (TPSA) is 76.4 Å². The highest BCUT2D eigenvalue weighted by Gasteiger charge is 2.19. The van der Waals surface area contributed by atoms with E-state index in [0.717, 1.165) is 23.4 Å². The quantitative estimate of drug-likeness (QED) is 0.747. The number of amides is 1. The molecule has 0 bridgehead atoms. The van der Waals surface area contributed by atoms with Crippen molar-refractivity contribution in [1.29, 1.82) is 0 Å². The van der Waals surface area contributed by atoms with Gasteiger partial charge in [-0.2, -0.15) is 0 Å². The molecular formula is C14H21N3O2. The van der Waals surface area contributed by atoms with Crippen molar-refractivity contribution in [2.24, 2.45) is 11.7 Å². The zero-order valence-corrected chi connectivity index (χ0v) is 11.4. The summed E-state index contributed by atoms with van der Waals surface area (Å²) in [5, 5.41) is 6.12. The maximum atomic E-state index is 11.3. The standard InChI is InChI=1S/C14H21N3O2/c1-9(7-15)5-11(16-2)10-3-4-13-12(6-10)17-14(18)8-19-13/h3-4,6,9,11,16H,5,7-8,15H2,1-2H3,(H,17,18). The molecule has 1 amide bonds. The van der Waals surface area contributed by atoms with Crippen LogP contribution in [-0.4, -0.2) is 26.1 Å². The number of anilines is 1. The summed E-state index contributed by atoms with van der Waals surface area (Å²) >= 11 is 0. The van der Waals surface area contributed by atoms with Gasteiger partial charge in [0.2, 0.25) is 0 Å². The monoisotopic (exact) mass is 263 g/mol. The minimum atomic E-state index is -0.110. The summed E-state index contributed by atoms with van der Waals surface area (Å²) in [5.74, 6) is 1.06. The van der Waals surface area contributed by atoms with Gasteiger partial charge in [0.15, 0.2) is 6.61 Å². The van der Waals surface area contributed by atoms with Gasteiger partial charge in [0.05, 0.1) is 5.69 Å². The molecule has 2 atom stereocenters. The third kappa shape index (κ3) is 3.24. The number of carbonyl (C=O) groups excluding carboxylic acids is 1. The van der Waals surface area contributed by atoms with Crippen molar-refractivity contribution in [1.82, 2.24) is 5.32 Å². The Kier molecular flexibility index (Phi) is 4.39. The van der Waals surface area contributed by atoms with E-state index in [1.54, 1.807) is 0 Å². The molecule has 0 aliphatic carbocycles. The van der Waals surface area contributed by atoms with Crippen LogP contribution in [0.4, 0.5) is 5.69 Å². The number of hydrogen-bond acceptors (Lipinski definition) is 4. The van der Waals surface area contributed by atoms with Crippen LogP contribution in [0.5, 0.6) is 5.75 Å². The van der Waals surface area contributed by atoms with E-state index in [-0.39, 0.29) is 18.6 Å². The largest absolute Gasteiger partial charge is 0.482 e. The SMILES string of the molecule is CNC(CC(C)CN)c1ccc2c(c1)NC(=O)CO2. The molecule has 0 saturated heterocycles. The van der Waals surface area contributed by atoms with Gasteiger partial charge in [-0.05, 0) is 43.6 Å². The zero-order valence-electron chi connectivity index (χ0n) is 11.4. The highest BCUT2D eigenvalue weighted by molar-refractivity contribution is 5.95. The molecule has 1 heterocycles. The number of hydrogen-bond donors (Lipinski definition) is 3. The Morgan fingerprint density at radius 3 is 3.00 bits per heavy atom. The van der Waals surface area contributed by atoms with Crippen molar-refractivity contribution in [2.75, 3.05) is 25.5 Å². The third-order valence-electron chi connectivity index (χ3n) is 3.43. The first-order valence-electron chi connectivity index (χ1n) is 6.58. The number of ether oxygens (including phenoxy) is 1. The van der Waals surface area contributed by atoms with E-state index < -0.39 is 0 Å². The molecule has 5 nitrogen and oxygen atoms in total. The Hall–Kier alpha value is -1.59. The molecule has 104 valence electrons. The van der Waals surface area contributed by atoms with Crippen molar-refractivity contribution in [3.63, 3.8) is 0 Å². The lowest BCUT2D eigenvalue weighted by molar-refractivity contribution is -0.118. The third-order valence-corrected chi connectivity index (χ3v) is 3.43. The van der Waals surface area contributed by atoms with E-state index in [9.17, 15) is 4.79 Å². The summed E-state index contributed by atoms with van der Waals surface area (Å²) < 4.78 is 5.35. The highest BCUT2D eigenvalue weighted by atomic mass is 16.5. The Morgan fingerprint density at radius 2 is 2.32 bits per heavy atom. The number of rotatable bonds is 5. The number of nitrogens with two attached hydrogens (primary N) is 1. The predicted octanol–water partition coefficient (Wildman–Crippen LogP) is 1.26. The first kappa shape index (κ1) is 13.8. The van der Waals surface area contributed by atoms with Gasteiger partial charge < -0.3 is 21.1 Å². The lowest BCUT2D eigenvalue weighted by Gasteiger charge is -2.23. The fraction of sp³-hybridized carbons (Fsp3) is 0.500. The molecule has 2 rings (SSSR count). The summed E-state index contributed by atoms with van der Waals surface area (Å²) in [5.41, 5.74) is 7.55. The van der Waals surface area contributed by atoms with Crippen LogP contribution in [0.3, 0.4) is 0 Å². The fourth-order valence-electron chi connectivity index (χ4n) is 2.24. The van der Waals surface area contributed by atoms with Crippen LogP contribution in [0.1, 0.15) is 24.9 Å². The van der Waals surface area contributed by atoms with E-state index in [4.69, 9.17) is 10.5 Å². The Morgan fingerprint density at radius 1 is 1.53 bits per heavy atom. The maximum absolute atomic E-state index is 11.3. The van der Waals surface area contributed by atoms with Crippen molar-refractivity contribution < 1.29 is 9.53 Å². The Balaban J connectivity index is 2.19. The molecule has 19 heavy (non-hydrogen) atoms. The molecule has 1 aromatic rings. The summed E-state index contributed by atoms with van der Waals surface area (Å²) in [6.07, 6.45) is 0.959. The molecule has 1 aliphatic rings. The normalized spacial score (nSPS) is 17.1. The molecule has 1 aliphatic heterocycles. The zero-order chi connectivity index (χ0) is 13.8. The number of benzene rings is 1. The van der Waals surface area contributed by atoms with Crippen molar-refractivity contribution >= 4 is 11.6 Å². The van der Waals surface area contributed by atoms with Gasteiger partial charge in [0.1, 0.15) is 5.75 Å². The average Bonchev–Trinajstić information content (AvgIpc) is 2.43. The minimum absolute atomic E-state index is 0.0893. The molecule has 0 radical (unpaired) electrons. The Labute approximate surface area is 113 Å². The van der Waals surface area contributed by atoms with E-state index in [1.807, 2.05) is 25.2 Å². The minimum Gasteiger partial charge on any atom is -0.482 e. The molecule has 1 aromatic carbocycles. The van der Waals surface area contributed by atoms with Crippen LogP contribution in [0.2, 0.25) is 0 Å². The van der Waals surface area contributed by atoms with E-state index in [0.29, 0.717) is 12.5 Å². The second kappa shape index (κ2) is 6.04. The molecule has 0 fully saturated rings. The van der Waals surface area contributed by atoms with Crippen LogP contribution < -0.4 is 21.1 Å². The van der Waals surface area contributed by atoms with Gasteiger partial charge in [-0.25, -0.2) is 0 Å². The average molecular weight is 263 g/mol. The summed E-state index contributed by atoms with van der Waals surface area (Å²) in [4.78, 5) is 11.3. The van der Waals surface area contributed by atoms with Gasteiger partial charge in [-0.15, -0.1) is 0 Å². The first-order valence-corrected chi connectivity index (χ1v) is 6.58. The Bertz CT molecular complexity index is 462. The molecular weight excluding hydrogens is 242 g/mol. The van der Waals surface area contributed by atoms with Crippen molar-refractivity contribution in [3.8, 4) is 5.75 Å². The molecule has 4 N–H and O–H groups in total. The van der Waals surface area contributed by atoms with E-state index in [2.05, 4.69) is 17.6 Å². The molecule has 0 aromatic heterocycles. The van der Waals surface area contributed by atoms with E-state index >= 15 is 0 Å². The number of fused-ring (bicyclic) bond motifs is 1. The van der Waals surface area contributed by atoms with Crippen LogP contribution >= 0.6 is 0 Å². The molecule has 5 heteroatoms. The molecule has 0 saturated carbocycles. The summed E-state index contributed by atoms with van der Waals surface area (Å²) in [6, 6.07) is 6.13. The molecule has 2 unspecified atom stereocenters. The lowest BCUT2D eigenvalue weighted by atomic mass is 9.95.